The predicted octanol–water partition coefficient (Wildman–Crippen LogP) is 3.36. The molecule has 0 aromatic heterocycles. The van der Waals surface area contributed by atoms with Crippen LogP contribution < -0.4 is 4.31 Å². The molecule has 0 aliphatic heterocycles. The van der Waals surface area contributed by atoms with Crippen molar-refractivity contribution < 1.29 is 8.42 Å². The molecule has 0 heterocycles. The number of nitrogens with zero attached hydrogens (tertiary/aromatic N) is 1. The average molecular weight is 311 g/mol. The average Bonchev–Trinajstić information content (AvgIpc) is 2.53. The highest BCUT2D eigenvalue weighted by Gasteiger charge is 2.25. The van der Waals surface area contributed by atoms with Crippen LogP contribution in [0.2, 0.25) is 0 Å². The Morgan fingerprint density at radius 2 is 1.82 bits per heavy atom. The molecule has 2 rings (SSSR count). The van der Waals surface area contributed by atoms with Crippen molar-refractivity contribution in [1.82, 2.24) is 0 Å². The highest BCUT2D eigenvalue weighted by molar-refractivity contribution is 7.92. The Labute approximate surface area is 132 Å². The minimum absolute atomic E-state index is 0.148. The van der Waals surface area contributed by atoms with Crippen LogP contribution in [-0.2, 0) is 10.0 Å². The van der Waals surface area contributed by atoms with Crippen LogP contribution in [0.4, 0.5) is 5.69 Å². The van der Waals surface area contributed by atoms with Crippen molar-refractivity contribution in [3.05, 3.63) is 72.3 Å². The fraction of sp³-hybridized carbons (Fsp3) is 0.111. The van der Waals surface area contributed by atoms with Crippen LogP contribution >= 0.6 is 0 Å². The lowest BCUT2D eigenvalue weighted by atomic mass is 10.2. The molecule has 22 heavy (non-hydrogen) atoms. The number of hydrogen-bond acceptors (Lipinski definition) is 2. The van der Waals surface area contributed by atoms with Gasteiger partial charge in [-0.1, -0.05) is 41.8 Å². The maximum atomic E-state index is 12.9. The molecule has 0 saturated carbocycles. The normalized spacial score (nSPS) is 10.7. The maximum Gasteiger partial charge on any atom is 0.264 e. The van der Waals surface area contributed by atoms with Gasteiger partial charge in [-0.15, -0.1) is 13.0 Å². The van der Waals surface area contributed by atoms with Gasteiger partial charge in [-0.3, -0.25) is 4.31 Å². The minimum atomic E-state index is -3.70. The highest BCUT2D eigenvalue weighted by Crippen LogP contribution is 2.26. The summed E-state index contributed by atoms with van der Waals surface area (Å²) in [5.74, 6) is 2.53. The summed E-state index contributed by atoms with van der Waals surface area (Å²) in [5, 5.41) is 0. The lowest BCUT2D eigenvalue weighted by Gasteiger charge is -2.24. The van der Waals surface area contributed by atoms with Gasteiger partial charge in [0.15, 0.2) is 0 Å². The second-order valence-corrected chi connectivity index (χ2v) is 6.66. The van der Waals surface area contributed by atoms with Crippen molar-refractivity contribution in [2.75, 3.05) is 10.8 Å². The van der Waals surface area contributed by atoms with Crippen LogP contribution in [0.1, 0.15) is 11.1 Å². The molecule has 0 amide bonds. The van der Waals surface area contributed by atoms with Crippen LogP contribution in [0.3, 0.4) is 0 Å². The first-order valence-corrected chi connectivity index (χ1v) is 8.20. The summed E-state index contributed by atoms with van der Waals surface area (Å²) in [5.41, 5.74) is 2.00. The van der Waals surface area contributed by atoms with Crippen molar-refractivity contribution in [3.63, 3.8) is 0 Å². The Balaban J connectivity index is 2.58. The summed E-state index contributed by atoms with van der Waals surface area (Å²) in [6, 6.07) is 13.7. The third-order valence-corrected chi connectivity index (χ3v) is 5.03. The Kier molecular flexibility index (Phi) is 4.69. The number of benzene rings is 2. The van der Waals surface area contributed by atoms with Gasteiger partial charge in [0.05, 0.1) is 17.1 Å². The Hall–Kier alpha value is -2.51. The molecule has 0 spiro atoms. The van der Waals surface area contributed by atoms with Gasteiger partial charge in [0.1, 0.15) is 0 Å². The van der Waals surface area contributed by atoms with E-state index in [9.17, 15) is 8.42 Å². The number of rotatable bonds is 5. The van der Waals surface area contributed by atoms with E-state index in [1.165, 1.54) is 4.31 Å². The molecule has 0 atom stereocenters. The third kappa shape index (κ3) is 3.05. The molecule has 0 saturated heterocycles. The third-order valence-electron chi connectivity index (χ3n) is 3.23. The molecule has 0 N–H and O–H groups in total. The number of aryl methyl sites for hydroxylation is 1. The molecule has 2 aromatic rings. The minimum Gasteiger partial charge on any atom is -0.261 e. The fourth-order valence-electron chi connectivity index (χ4n) is 2.09. The molecule has 0 aliphatic carbocycles. The van der Waals surface area contributed by atoms with E-state index in [2.05, 4.69) is 12.5 Å². The van der Waals surface area contributed by atoms with Gasteiger partial charge in [0.25, 0.3) is 10.0 Å². The quantitative estimate of drug-likeness (QED) is 0.627. The zero-order valence-electron chi connectivity index (χ0n) is 12.4. The zero-order chi connectivity index (χ0) is 16.2. The molecule has 0 aliphatic rings. The SMILES string of the molecule is C#Cc1ccccc1N(CC=C)S(=O)(=O)c1ccc(C)cc1. The van der Waals surface area contributed by atoms with Crippen LogP contribution in [-0.4, -0.2) is 15.0 Å². The molecule has 3 nitrogen and oxygen atoms in total. The second kappa shape index (κ2) is 6.50. The monoisotopic (exact) mass is 311 g/mol. The van der Waals surface area contributed by atoms with Crippen LogP contribution in [0.15, 0.2) is 66.1 Å². The summed E-state index contributed by atoms with van der Waals surface area (Å²) >= 11 is 0. The molecule has 0 radical (unpaired) electrons. The number of terminal acetylenes is 1. The van der Waals surface area contributed by atoms with Gasteiger partial charge in [0.2, 0.25) is 0 Å². The Bertz CT molecular complexity index is 815. The van der Waals surface area contributed by atoms with Gasteiger partial charge in [0, 0.05) is 5.56 Å². The molecule has 112 valence electrons. The van der Waals surface area contributed by atoms with Crippen LogP contribution in [0.5, 0.6) is 0 Å². The Morgan fingerprint density at radius 3 is 2.41 bits per heavy atom. The molecule has 0 unspecified atom stereocenters. The predicted molar refractivity (Wildman–Crippen MR) is 90.3 cm³/mol. The van der Waals surface area contributed by atoms with Crippen LogP contribution in [0, 0.1) is 19.3 Å². The van der Waals surface area contributed by atoms with E-state index in [1.807, 2.05) is 6.92 Å². The van der Waals surface area contributed by atoms with E-state index in [4.69, 9.17) is 6.42 Å². The fourth-order valence-corrected chi connectivity index (χ4v) is 3.55. The smallest absolute Gasteiger partial charge is 0.261 e. The zero-order valence-corrected chi connectivity index (χ0v) is 13.2. The van der Waals surface area contributed by atoms with Gasteiger partial charge in [-0.25, -0.2) is 8.42 Å². The second-order valence-electron chi connectivity index (χ2n) is 4.80. The molecule has 0 bridgehead atoms. The number of para-hydroxylation sites is 1. The molecule has 0 fully saturated rings. The standard InChI is InChI=1S/C18H17NO2S/c1-4-14-19(18-9-7-6-8-16(18)5-2)22(20,21)17-12-10-15(3)11-13-17/h2,4,6-13H,1,14H2,3H3. The summed E-state index contributed by atoms with van der Waals surface area (Å²) in [7, 11) is -3.70. The van der Waals surface area contributed by atoms with Crippen LogP contribution in [0.25, 0.3) is 0 Å². The lowest BCUT2D eigenvalue weighted by Crippen LogP contribution is -2.31. The number of anilines is 1. The van der Waals surface area contributed by atoms with E-state index in [-0.39, 0.29) is 11.4 Å². The largest absolute Gasteiger partial charge is 0.264 e. The first-order valence-electron chi connectivity index (χ1n) is 6.76. The lowest BCUT2D eigenvalue weighted by molar-refractivity contribution is 0.593. The first-order chi connectivity index (χ1) is 10.5. The summed E-state index contributed by atoms with van der Waals surface area (Å²) < 4.78 is 27.1. The molecular formula is C18H17NO2S. The number of sulfonamides is 1. The summed E-state index contributed by atoms with van der Waals surface area (Å²) in [4.78, 5) is 0.228. The molecule has 4 heteroatoms. The van der Waals surface area contributed by atoms with Gasteiger partial charge in [-0.05, 0) is 31.2 Å². The van der Waals surface area contributed by atoms with E-state index < -0.39 is 10.0 Å². The van der Waals surface area contributed by atoms with Crippen molar-refractivity contribution in [3.8, 4) is 12.3 Å². The van der Waals surface area contributed by atoms with Crippen molar-refractivity contribution in [2.45, 2.75) is 11.8 Å². The van der Waals surface area contributed by atoms with Gasteiger partial charge >= 0.3 is 0 Å². The van der Waals surface area contributed by atoms with E-state index >= 15 is 0 Å². The van der Waals surface area contributed by atoms with Crippen molar-refractivity contribution >= 4 is 15.7 Å². The van der Waals surface area contributed by atoms with Gasteiger partial charge < -0.3 is 0 Å². The van der Waals surface area contributed by atoms with E-state index in [0.29, 0.717) is 11.3 Å². The number of hydrogen-bond donors (Lipinski definition) is 0. The Morgan fingerprint density at radius 1 is 1.18 bits per heavy atom. The first kappa shape index (κ1) is 15.9. The summed E-state index contributed by atoms with van der Waals surface area (Å²) in [6.45, 7) is 5.70. The maximum absolute atomic E-state index is 12.9. The molecular weight excluding hydrogens is 294 g/mol. The van der Waals surface area contributed by atoms with E-state index in [1.54, 1.807) is 54.6 Å². The summed E-state index contributed by atoms with van der Waals surface area (Å²) in [6.07, 6.45) is 7.03. The molecule has 2 aromatic carbocycles. The van der Waals surface area contributed by atoms with Crippen molar-refractivity contribution in [1.29, 1.82) is 0 Å². The van der Waals surface area contributed by atoms with Crippen molar-refractivity contribution in [2.24, 2.45) is 0 Å². The van der Waals surface area contributed by atoms with E-state index in [0.717, 1.165) is 5.56 Å². The van der Waals surface area contributed by atoms with Gasteiger partial charge in [-0.2, -0.15) is 0 Å². The highest BCUT2D eigenvalue weighted by atomic mass is 32.2. The topological polar surface area (TPSA) is 37.4 Å².